The van der Waals surface area contributed by atoms with Gasteiger partial charge in [-0.1, -0.05) is 29.8 Å². The average molecular weight is 431 g/mol. The van der Waals surface area contributed by atoms with Crippen LogP contribution in [0.1, 0.15) is 19.4 Å². The van der Waals surface area contributed by atoms with Gasteiger partial charge in [0.2, 0.25) is 0 Å². The molecule has 29 heavy (non-hydrogen) atoms. The number of benzene rings is 2. The number of ether oxygens (including phenoxy) is 2. The van der Waals surface area contributed by atoms with Crippen LogP contribution in [0.3, 0.4) is 0 Å². The molecule has 0 atom stereocenters. The third kappa shape index (κ3) is 4.41. The van der Waals surface area contributed by atoms with Crippen molar-refractivity contribution in [2.75, 3.05) is 12.0 Å². The number of carbonyl (C=O) groups is 2. The highest BCUT2D eigenvalue weighted by Gasteiger charge is 2.34. The van der Waals surface area contributed by atoms with Crippen molar-refractivity contribution in [1.29, 1.82) is 0 Å². The van der Waals surface area contributed by atoms with Crippen LogP contribution in [-0.4, -0.2) is 30.1 Å². The standard InChI is InChI=1S/C21H19ClN2O4S/c1-12(2)28-18-16(22)10-13(11-17(18)27-3)9-15-19(25)23-21(29)24(20(15)26)14-7-5-4-6-8-14/h4-12H,1-3H3,(H,23,25,29)/b15-9-. The second-order valence-electron chi connectivity index (χ2n) is 6.49. The molecule has 2 amide bonds. The first-order chi connectivity index (χ1) is 13.8. The summed E-state index contributed by atoms with van der Waals surface area (Å²) in [4.78, 5) is 26.7. The van der Waals surface area contributed by atoms with Crippen molar-refractivity contribution >= 4 is 52.5 Å². The Balaban J connectivity index is 2.02. The summed E-state index contributed by atoms with van der Waals surface area (Å²) in [5, 5.41) is 2.89. The molecule has 1 aliphatic rings. The SMILES string of the molecule is COc1cc(/C=C2/C(=O)NC(=S)N(c3ccccc3)C2=O)cc(Cl)c1OC(C)C. The molecular formula is C21H19ClN2O4S. The van der Waals surface area contributed by atoms with Crippen LogP contribution in [0.5, 0.6) is 11.5 Å². The van der Waals surface area contributed by atoms with Gasteiger partial charge >= 0.3 is 0 Å². The van der Waals surface area contributed by atoms with Gasteiger partial charge in [-0.25, -0.2) is 0 Å². The number of methoxy groups -OCH3 is 1. The van der Waals surface area contributed by atoms with Gasteiger partial charge in [-0.3, -0.25) is 19.8 Å². The van der Waals surface area contributed by atoms with E-state index >= 15 is 0 Å². The smallest absolute Gasteiger partial charge is 0.270 e. The summed E-state index contributed by atoms with van der Waals surface area (Å²) < 4.78 is 11.1. The molecule has 2 aromatic carbocycles. The number of hydrogen-bond acceptors (Lipinski definition) is 5. The second-order valence-corrected chi connectivity index (χ2v) is 7.29. The molecule has 2 aromatic rings. The monoisotopic (exact) mass is 430 g/mol. The molecule has 0 spiro atoms. The fourth-order valence-electron chi connectivity index (χ4n) is 2.81. The van der Waals surface area contributed by atoms with Crippen LogP contribution in [0, 0.1) is 0 Å². The van der Waals surface area contributed by atoms with Crippen molar-refractivity contribution in [3.8, 4) is 11.5 Å². The molecule has 6 nitrogen and oxygen atoms in total. The fraction of sp³-hybridized carbons (Fsp3) is 0.190. The number of carbonyl (C=O) groups excluding carboxylic acids is 2. The van der Waals surface area contributed by atoms with Gasteiger partial charge in [0.15, 0.2) is 16.6 Å². The number of amides is 2. The topological polar surface area (TPSA) is 67.9 Å². The summed E-state index contributed by atoms with van der Waals surface area (Å²) in [7, 11) is 1.49. The van der Waals surface area contributed by atoms with Crippen LogP contribution in [-0.2, 0) is 9.59 Å². The Morgan fingerprint density at radius 1 is 1.17 bits per heavy atom. The lowest BCUT2D eigenvalue weighted by Crippen LogP contribution is -2.54. The van der Waals surface area contributed by atoms with Gasteiger partial charge in [0, 0.05) is 0 Å². The number of anilines is 1. The Morgan fingerprint density at radius 2 is 1.86 bits per heavy atom. The maximum absolute atomic E-state index is 13.0. The van der Waals surface area contributed by atoms with Crippen LogP contribution in [0.15, 0.2) is 48.0 Å². The van der Waals surface area contributed by atoms with Crippen LogP contribution in [0.25, 0.3) is 6.08 Å². The molecule has 0 unspecified atom stereocenters. The quantitative estimate of drug-likeness (QED) is 0.441. The minimum absolute atomic E-state index is 0.0274. The zero-order valence-corrected chi connectivity index (χ0v) is 17.6. The highest BCUT2D eigenvalue weighted by molar-refractivity contribution is 7.80. The van der Waals surface area contributed by atoms with E-state index in [0.29, 0.717) is 27.8 Å². The van der Waals surface area contributed by atoms with Gasteiger partial charge < -0.3 is 9.47 Å². The lowest BCUT2D eigenvalue weighted by atomic mass is 10.1. The van der Waals surface area contributed by atoms with Crippen molar-refractivity contribution in [2.45, 2.75) is 20.0 Å². The second kappa shape index (κ2) is 8.63. The van der Waals surface area contributed by atoms with E-state index in [9.17, 15) is 9.59 Å². The Morgan fingerprint density at radius 3 is 2.48 bits per heavy atom. The maximum Gasteiger partial charge on any atom is 0.270 e. The molecule has 0 radical (unpaired) electrons. The van der Waals surface area contributed by atoms with Crippen LogP contribution < -0.4 is 19.7 Å². The third-order valence-corrected chi connectivity index (χ3v) is 4.60. The summed E-state index contributed by atoms with van der Waals surface area (Å²) in [6.07, 6.45) is 1.35. The largest absolute Gasteiger partial charge is 0.493 e. The summed E-state index contributed by atoms with van der Waals surface area (Å²) in [6.45, 7) is 3.75. The van der Waals surface area contributed by atoms with Gasteiger partial charge in [-0.15, -0.1) is 0 Å². The van der Waals surface area contributed by atoms with Crippen LogP contribution in [0.2, 0.25) is 5.02 Å². The van der Waals surface area contributed by atoms with E-state index in [2.05, 4.69) is 5.32 Å². The van der Waals surface area contributed by atoms with Crippen molar-refractivity contribution < 1.29 is 19.1 Å². The predicted octanol–water partition coefficient (Wildman–Crippen LogP) is 3.97. The van der Waals surface area contributed by atoms with Gasteiger partial charge in [-0.05, 0) is 62.0 Å². The lowest BCUT2D eigenvalue weighted by Gasteiger charge is -2.28. The first-order valence-corrected chi connectivity index (χ1v) is 9.61. The number of nitrogens with zero attached hydrogens (tertiary/aromatic N) is 1. The maximum atomic E-state index is 13.0. The molecular weight excluding hydrogens is 412 g/mol. The zero-order chi connectivity index (χ0) is 21.1. The molecule has 8 heteroatoms. The molecule has 1 N–H and O–H groups in total. The summed E-state index contributed by atoms with van der Waals surface area (Å²) in [6, 6.07) is 12.1. The molecule has 0 bridgehead atoms. The zero-order valence-electron chi connectivity index (χ0n) is 16.1. The molecule has 1 heterocycles. The number of para-hydroxylation sites is 1. The van der Waals surface area contributed by atoms with Gasteiger partial charge in [0.05, 0.1) is 23.9 Å². The minimum Gasteiger partial charge on any atom is -0.493 e. The highest BCUT2D eigenvalue weighted by Crippen LogP contribution is 2.38. The lowest BCUT2D eigenvalue weighted by molar-refractivity contribution is -0.122. The Hall–Kier alpha value is -2.90. The normalized spacial score (nSPS) is 15.7. The molecule has 1 aliphatic heterocycles. The molecule has 0 saturated carbocycles. The van der Waals surface area contributed by atoms with Crippen LogP contribution in [0.4, 0.5) is 5.69 Å². The fourth-order valence-corrected chi connectivity index (χ4v) is 3.35. The van der Waals surface area contributed by atoms with E-state index in [1.54, 1.807) is 36.4 Å². The van der Waals surface area contributed by atoms with E-state index in [1.165, 1.54) is 18.1 Å². The van der Waals surface area contributed by atoms with Gasteiger partial charge in [0.1, 0.15) is 5.57 Å². The Bertz CT molecular complexity index is 1010. The number of nitrogens with one attached hydrogen (secondary N) is 1. The van der Waals surface area contributed by atoms with Gasteiger partial charge in [0.25, 0.3) is 11.8 Å². The predicted molar refractivity (Wildman–Crippen MR) is 116 cm³/mol. The first kappa shape index (κ1) is 20.8. The summed E-state index contributed by atoms with van der Waals surface area (Å²) in [5.74, 6) is -0.303. The van der Waals surface area contributed by atoms with E-state index in [4.69, 9.17) is 33.3 Å². The number of thiocarbonyl (C=S) groups is 1. The van der Waals surface area contributed by atoms with E-state index in [0.717, 1.165) is 0 Å². The van der Waals surface area contributed by atoms with Gasteiger partial charge in [-0.2, -0.15) is 0 Å². The molecule has 0 aliphatic carbocycles. The van der Waals surface area contributed by atoms with Crippen molar-refractivity contribution in [2.24, 2.45) is 0 Å². The summed E-state index contributed by atoms with van der Waals surface area (Å²) in [5.41, 5.74) is 1.00. The first-order valence-electron chi connectivity index (χ1n) is 8.82. The number of hydrogen-bond donors (Lipinski definition) is 1. The Labute approximate surface area is 179 Å². The highest BCUT2D eigenvalue weighted by atomic mass is 35.5. The molecule has 1 saturated heterocycles. The molecule has 0 aromatic heterocycles. The van der Waals surface area contributed by atoms with Crippen molar-refractivity contribution in [3.63, 3.8) is 0 Å². The number of halogens is 1. The molecule has 1 fully saturated rings. The summed E-state index contributed by atoms with van der Waals surface area (Å²) >= 11 is 11.5. The van der Waals surface area contributed by atoms with E-state index in [-0.39, 0.29) is 16.8 Å². The van der Waals surface area contributed by atoms with Crippen molar-refractivity contribution in [1.82, 2.24) is 5.32 Å². The molecule has 150 valence electrons. The van der Waals surface area contributed by atoms with Crippen molar-refractivity contribution in [3.05, 3.63) is 58.6 Å². The third-order valence-electron chi connectivity index (χ3n) is 4.03. The van der Waals surface area contributed by atoms with E-state index in [1.807, 2.05) is 19.9 Å². The van der Waals surface area contributed by atoms with Crippen LogP contribution >= 0.6 is 23.8 Å². The molecule has 3 rings (SSSR count). The average Bonchev–Trinajstić information content (AvgIpc) is 2.67. The number of rotatable bonds is 5. The van der Waals surface area contributed by atoms with E-state index < -0.39 is 11.8 Å². The minimum atomic E-state index is -0.579. The Kier molecular flexibility index (Phi) is 6.20.